The summed E-state index contributed by atoms with van der Waals surface area (Å²) >= 11 is 5.56. The van der Waals surface area contributed by atoms with E-state index >= 15 is 0 Å². The van der Waals surface area contributed by atoms with Crippen molar-refractivity contribution in [3.8, 4) is 0 Å². The molecule has 84 valence electrons. The van der Waals surface area contributed by atoms with Gasteiger partial charge >= 0.3 is 5.97 Å². The molecule has 2 aromatic heterocycles. The SMILES string of the molecule is O=C(O)CCn1ncc2nc(Cl)[nH]c(=O)c21. The van der Waals surface area contributed by atoms with Crippen molar-refractivity contribution in [2.45, 2.75) is 13.0 Å². The minimum atomic E-state index is -0.956. The number of hydrogen-bond donors (Lipinski definition) is 2. The van der Waals surface area contributed by atoms with Gasteiger partial charge < -0.3 is 5.11 Å². The molecule has 0 aliphatic rings. The number of H-pyrrole nitrogens is 1. The molecule has 0 unspecified atom stereocenters. The van der Waals surface area contributed by atoms with Crippen molar-refractivity contribution in [2.75, 3.05) is 0 Å². The lowest BCUT2D eigenvalue weighted by atomic mass is 10.4. The van der Waals surface area contributed by atoms with Crippen LogP contribution in [0.25, 0.3) is 11.0 Å². The van der Waals surface area contributed by atoms with Crippen molar-refractivity contribution >= 4 is 28.6 Å². The van der Waals surface area contributed by atoms with E-state index in [4.69, 9.17) is 16.7 Å². The fourth-order valence-electron chi connectivity index (χ4n) is 1.35. The maximum Gasteiger partial charge on any atom is 0.305 e. The Labute approximate surface area is 93.7 Å². The molecule has 16 heavy (non-hydrogen) atoms. The van der Waals surface area contributed by atoms with E-state index < -0.39 is 11.5 Å². The number of aromatic nitrogens is 4. The molecule has 0 atom stereocenters. The van der Waals surface area contributed by atoms with Gasteiger partial charge in [-0.1, -0.05) is 0 Å². The van der Waals surface area contributed by atoms with Gasteiger partial charge in [-0.05, 0) is 11.6 Å². The van der Waals surface area contributed by atoms with Crippen LogP contribution in [0.15, 0.2) is 11.0 Å². The first-order valence-corrected chi connectivity index (χ1v) is 4.79. The first-order valence-electron chi connectivity index (χ1n) is 4.41. The number of halogens is 1. The second kappa shape index (κ2) is 3.93. The third-order valence-corrected chi connectivity index (χ3v) is 2.19. The molecule has 0 bridgehead atoms. The zero-order chi connectivity index (χ0) is 11.7. The van der Waals surface area contributed by atoms with E-state index in [-0.39, 0.29) is 23.8 Å². The van der Waals surface area contributed by atoms with Crippen molar-refractivity contribution in [1.82, 2.24) is 19.7 Å². The molecule has 0 aromatic carbocycles. The number of carboxylic acid groups (broad SMARTS) is 1. The Kier molecular flexibility index (Phi) is 2.61. The van der Waals surface area contributed by atoms with Gasteiger partial charge in [-0.25, -0.2) is 4.98 Å². The number of aryl methyl sites for hydroxylation is 1. The number of carboxylic acids is 1. The predicted molar refractivity (Wildman–Crippen MR) is 55.4 cm³/mol. The summed E-state index contributed by atoms with van der Waals surface area (Å²) in [5.74, 6) is -0.956. The van der Waals surface area contributed by atoms with Gasteiger partial charge in [-0.2, -0.15) is 5.10 Å². The van der Waals surface area contributed by atoms with Gasteiger partial charge in [-0.3, -0.25) is 19.3 Å². The molecule has 2 heterocycles. The number of nitrogens with one attached hydrogen (secondary N) is 1. The fourth-order valence-corrected chi connectivity index (χ4v) is 1.53. The Hall–Kier alpha value is -1.89. The first-order chi connectivity index (χ1) is 7.58. The summed E-state index contributed by atoms with van der Waals surface area (Å²) in [5.41, 5.74) is 0.141. The summed E-state index contributed by atoms with van der Waals surface area (Å²) in [4.78, 5) is 28.1. The molecule has 0 aliphatic carbocycles. The van der Waals surface area contributed by atoms with Gasteiger partial charge in [0.1, 0.15) is 5.52 Å². The highest BCUT2D eigenvalue weighted by Gasteiger charge is 2.10. The minimum absolute atomic E-state index is 0.0183. The Morgan fingerprint density at radius 1 is 1.62 bits per heavy atom. The molecule has 0 amide bonds. The quantitative estimate of drug-likeness (QED) is 0.751. The summed E-state index contributed by atoms with van der Waals surface area (Å²) in [6.07, 6.45) is 1.26. The highest BCUT2D eigenvalue weighted by molar-refractivity contribution is 6.28. The van der Waals surface area contributed by atoms with Crippen LogP contribution in [0.4, 0.5) is 0 Å². The molecule has 2 aromatic rings. The molecule has 8 heteroatoms. The molecule has 0 aliphatic heterocycles. The Morgan fingerprint density at radius 3 is 3.06 bits per heavy atom. The van der Waals surface area contributed by atoms with E-state index in [1.54, 1.807) is 0 Å². The molecular weight excluding hydrogens is 236 g/mol. The number of nitrogens with zero attached hydrogens (tertiary/aromatic N) is 3. The van der Waals surface area contributed by atoms with Crippen LogP contribution in [-0.2, 0) is 11.3 Å². The van der Waals surface area contributed by atoms with Crippen LogP contribution in [-0.4, -0.2) is 30.8 Å². The molecule has 2 rings (SSSR count). The largest absolute Gasteiger partial charge is 0.481 e. The number of rotatable bonds is 3. The average molecular weight is 243 g/mol. The zero-order valence-electron chi connectivity index (χ0n) is 7.97. The van der Waals surface area contributed by atoms with E-state index in [0.717, 1.165) is 0 Å². The van der Waals surface area contributed by atoms with E-state index in [9.17, 15) is 9.59 Å². The van der Waals surface area contributed by atoms with Crippen molar-refractivity contribution < 1.29 is 9.90 Å². The van der Waals surface area contributed by atoms with Gasteiger partial charge in [-0.15, -0.1) is 0 Å². The van der Waals surface area contributed by atoms with Crippen LogP contribution in [0.3, 0.4) is 0 Å². The van der Waals surface area contributed by atoms with Crippen LogP contribution >= 0.6 is 11.6 Å². The lowest BCUT2D eigenvalue weighted by Crippen LogP contribution is -2.14. The number of fused-ring (bicyclic) bond motifs is 1. The van der Waals surface area contributed by atoms with Crippen molar-refractivity contribution in [3.05, 3.63) is 21.8 Å². The fraction of sp³-hybridized carbons (Fsp3) is 0.250. The lowest BCUT2D eigenvalue weighted by molar-refractivity contribution is -0.137. The van der Waals surface area contributed by atoms with Crippen LogP contribution < -0.4 is 5.56 Å². The minimum Gasteiger partial charge on any atom is -0.481 e. The van der Waals surface area contributed by atoms with E-state index in [2.05, 4.69) is 15.1 Å². The summed E-state index contributed by atoms with van der Waals surface area (Å²) in [6, 6.07) is 0. The highest BCUT2D eigenvalue weighted by Crippen LogP contribution is 2.08. The van der Waals surface area contributed by atoms with E-state index in [1.807, 2.05) is 0 Å². The zero-order valence-corrected chi connectivity index (χ0v) is 8.73. The summed E-state index contributed by atoms with van der Waals surface area (Å²) < 4.78 is 1.30. The third-order valence-electron chi connectivity index (χ3n) is 2.01. The molecule has 0 spiro atoms. The van der Waals surface area contributed by atoms with Crippen molar-refractivity contribution in [1.29, 1.82) is 0 Å². The van der Waals surface area contributed by atoms with Crippen molar-refractivity contribution in [2.24, 2.45) is 0 Å². The standard InChI is InChI=1S/C8H7ClN4O3/c9-8-11-4-3-10-13(2-1-5(14)15)6(4)7(16)12-8/h3H,1-2H2,(H,14,15)(H,11,12,16). The maximum absolute atomic E-state index is 11.5. The van der Waals surface area contributed by atoms with Gasteiger partial charge in [0, 0.05) is 0 Å². The normalized spacial score (nSPS) is 10.8. The maximum atomic E-state index is 11.5. The number of carbonyl (C=O) groups is 1. The van der Waals surface area contributed by atoms with E-state index in [0.29, 0.717) is 5.52 Å². The van der Waals surface area contributed by atoms with Gasteiger partial charge in [0.15, 0.2) is 5.52 Å². The molecular formula is C8H7ClN4O3. The summed E-state index contributed by atoms with van der Waals surface area (Å²) in [5, 5.41) is 12.4. The monoisotopic (exact) mass is 242 g/mol. The van der Waals surface area contributed by atoms with Gasteiger partial charge in [0.05, 0.1) is 19.2 Å². The highest BCUT2D eigenvalue weighted by atomic mass is 35.5. The topological polar surface area (TPSA) is 101 Å². The van der Waals surface area contributed by atoms with Crippen LogP contribution in [0.5, 0.6) is 0 Å². The average Bonchev–Trinajstić information content (AvgIpc) is 2.57. The van der Waals surface area contributed by atoms with Crippen molar-refractivity contribution in [3.63, 3.8) is 0 Å². The number of aliphatic carboxylic acids is 1. The Balaban J connectivity index is 2.48. The predicted octanol–water partition coefficient (Wildman–Crippen LogP) is 0.248. The van der Waals surface area contributed by atoms with Crippen LogP contribution in [0.2, 0.25) is 5.28 Å². The Bertz CT molecular complexity index is 603. The molecule has 0 radical (unpaired) electrons. The second-order valence-corrected chi connectivity index (χ2v) is 3.46. The second-order valence-electron chi connectivity index (χ2n) is 3.10. The molecule has 7 nitrogen and oxygen atoms in total. The third kappa shape index (κ3) is 1.89. The summed E-state index contributed by atoms with van der Waals surface area (Å²) in [7, 11) is 0. The van der Waals surface area contributed by atoms with E-state index in [1.165, 1.54) is 10.9 Å². The molecule has 2 N–H and O–H groups in total. The Morgan fingerprint density at radius 2 is 2.38 bits per heavy atom. The van der Waals surface area contributed by atoms with Gasteiger partial charge in [0.25, 0.3) is 5.56 Å². The molecule has 0 saturated heterocycles. The molecule has 0 saturated carbocycles. The van der Waals surface area contributed by atoms with Gasteiger partial charge in [0.2, 0.25) is 5.28 Å². The van der Waals surface area contributed by atoms with Crippen LogP contribution in [0.1, 0.15) is 6.42 Å². The lowest BCUT2D eigenvalue weighted by Gasteiger charge is -1.99. The van der Waals surface area contributed by atoms with Crippen LogP contribution in [0, 0.1) is 0 Å². The molecule has 0 fully saturated rings. The number of aromatic amines is 1. The number of hydrogen-bond acceptors (Lipinski definition) is 4. The smallest absolute Gasteiger partial charge is 0.305 e. The first kappa shape index (κ1) is 10.6. The summed E-state index contributed by atoms with van der Waals surface area (Å²) in [6.45, 7) is 0.116.